The molecule has 1 aliphatic carbocycles. The molecule has 0 spiro atoms. The molecule has 0 fully saturated rings. The lowest BCUT2D eigenvalue weighted by atomic mass is 9.87. The third-order valence-electron chi connectivity index (χ3n) is 3.28. The van der Waals surface area contributed by atoms with Crippen LogP contribution in [0.2, 0.25) is 0 Å². The molecule has 0 aromatic heterocycles. The van der Waals surface area contributed by atoms with Crippen LogP contribution in [-0.4, -0.2) is 12.6 Å². The van der Waals surface area contributed by atoms with E-state index in [1.807, 2.05) is 0 Å². The second kappa shape index (κ2) is 2.99. The smallest absolute Gasteiger partial charge is 0.122 e. The normalized spacial score (nSPS) is 23.9. The van der Waals surface area contributed by atoms with Crippen LogP contribution in [0.1, 0.15) is 23.1 Å². The van der Waals surface area contributed by atoms with Crippen molar-refractivity contribution in [2.24, 2.45) is 5.73 Å². The van der Waals surface area contributed by atoms with Gasteiger partial charge in [-0.2, -0.15) is 0 Å². The number of rotatable bonds is 0. The van der Waals surface area contributed by atoms with Gasteiger partial charge < -0.3 is 10.5 Å². The zero-order valence-corrected chi connectivity index (χ0v) is 8.25. The van der Waals surface area contributed by atoms with Crippen molar-refractivity contribution in [3.63, 3.8) is 0 Å². The van der Waals surface area contributed by atoms with Gasteiger partial charge in [0, 0.05) is 12.5 Å². The molecule has 74 valence electrons. The van der Waals surface area contributed by atoms with E-state index in [0.29, 0.717) is 6.04 Å². The summed E-state index contributed by atoms with van der Waals surface area (Å²) in [7, 11) is 0. The molecule has 2 N–H and O–H groups in total. The summed E-state index contributed by atoms with van der Waals surface area (Å²) in [5.74, 6) is 1.11. The number of nitrogens with two attached hydrogens (primary N) is 1. The molecule has 0 saturated heterocycles. The van der Waals surface area contributed by atoms with Gasteiger partial charge in [0.25, 0.3) is 0 Å². The highest BCUT2D eigenvalue weighted by molar-refractivity contribution is 5.46. The third-order valence-corrected chi connectivity index (χ3v) is 3.28. The molecule has 1 aliphatic heterocycles. The largest absolute Gasteiger partial charge is 0.493 e. The van der Waals surface area contributed by atoms with Gasteiger partial charge in [-0.25, -0.2) is 0 Å². The van der Waals surface area contributed by atoms with Gasteiger partial charge in [0.1, 0.15) is 5.75 Å². The van der Waals surface area contributed by atoms with Gasteiger partial charge in [-0.15, -0.1) is 0 Å². The van der Waals surface area contributed by atoms with Crippen molar-refractivity contribution in [3.8, 4) is 5.75 Å². The summed E-state index contributed by atoms with van der Waals surface area (Å²) >= 11 is 0. The van der Waals surface area contributed by atoms with Crippen molar-refractivity contribution in [1.29, 1.82) is 0 Å². The number of aryl methyl sites for hydroxylation is 1. The van der Waals surface area contributed by atoms with E-state index in [0.717, 1.165) is 38.0 Å². The van der Waals surface area contributed by atoms with Crippen LogP contribution < -0.4 is 10.5 Å². The molecule has 2 aliphatic rings. The third kappa shape index (κ3) is 1.22. The topological polar surface area (TPSA) is 35.2 Å². The average Bonchev–Trinajstić information content (AvgIpc) is 2.61. The van der Waals surface area contributed by atoms with Crippen LogP contribution in [0, 0.1) is 0 Å². The monoisotopic (exact) mass is 189 g/mol. The predicted molar refractivity (Wildman–Crippen MR) is 55.6 cm³/mol. The highest BCUT2D eigenvalue weighted by Gasteiger charge is 2.20. The molecule has 2 nitrogen and oxygen atoms in total. The van der Waals surface area contributed by atoms with Crippen LogP contribution in [0.5, 0.6) is 5.75 Å². The predicted octanol–water partition coefficient (Wildman–Crippen LogP) is 1.44. The number of hydrogen-bond acceptors (Lipinski definition) is 2. The van der Waals surface area contributed by atoms with Gasteiger partial charge in [-0.3, -0.25) is 0 Å². The van der Waals surface area contributed by atoms with Gasteiger partial charge in [0.15, 0.2) is 0 Å². The standard InChI is InChI=1S/C12H15NO/c13-11-2-1-8-7-12-9(3-4-14-12)5-10(8)6-11/h5,7,11H,1-4,6,13H2. The Kier molecular flexibility index (Phi) is 1.77. The molecule has 1 aromatic rings. The maximum atomic E-state index is 5.96. The summed E-state index contributed by atoms with van der Waals surface area (Å²) in [5, 5.41) is 0. The van der Waals surface area contributed by atoms with Crippen LogP contribution in [0.3, 0.4) is 0 Å². The zero-order valence-electron chi connectivity index (χ0n) is 8.25. The molecule has 1 aromatic carbocycles. The van der Waals surface area contributed by atoms with Crippen molar-refractivity contribution >= 4 is 0 Å². The lowest BCUT2D eigenvalue weighted by molar-refractivity contribution is 0.356. The molecule has 1 heterocycles. The molecule has 0 bridgehead atoms. The van der Waals surface area contributed by atoms with Gasteiger partial charge in [-0.05, 0) is 42.0 Å². The summed E-state index contributed by atoms with van der Waals surface area (Å²) < 4.78 is 5.56. The minimum Gasteiger partial charge on any atom is -0.493 e. The lowest BCUT2D eigenvalue weighted by Gasteiger charge is -2.22. The fourth-order valence-electron chi connectivity index (χ4n) is 2.47. The van der Waals surface area contributed by atoms with Gasteiger partial charge >= 0.3 is 0 Å². The van der Waals surface area contributed by atoms with Gasteiger partial charge in [-0.1, -0.05) is 6.07 Å². The molecule has 0 saturated carbocycles. The minimum absolute atomic E-state index is 0.364. The summed E-state index contributed by atoms with van der Waals surface area (Å²) in [5.41, 5.74) is 10.2. The van der Waals surface area contributed by atoms with E-state index < -0.39 is 0 Å². The molecule has 0 radical (unpaired) electrons. The number of ether oxygens (including phenoxy) is 1. The first-order valence-corrected chi connectivity index (χ1v) is 5.36. The lowest BCUT2D eigenvalue weighted by Crippen LogP contribution is -2.27. The van der Waals surface area contributed by atoms with E-state index >= 15 is 0 Å². The first-order valence-electron chi connectivity index (χ1n) is 5.36. The summed E-state index contributed by atoms with van der Waals surface area (Å²) in [4.78, 5) is 0. The second-order valence-corrected chi connectivity index (χ2v) is 4.33. The van der Waals surface area contributed by atoms with Crippen LogP contribution >= 0.6 is 0 Å². The number of benzene rings is 1. The van der Waals surface area contributed by atoms with E-state index in [-0.39, 0.29) is 0 Å². The Hall–Kier alpha value is -1.02. The Balaban J connectivity index is 2.06. The summed E-state index contributed by atoms with van der Waals surface area (Å²) in [6.45, 7) is 0.851. The SMILES string of the molecule is NC1CCc2cc3c(cc2C1)CCO3. The molecule has 1 atom stereocenters. The summed E-state index contributed by atoms with van der Waals surface area (Å²) in [6, 6.07) is 4.89. The van der Waals surface area contributed by atoms with E-state index in [9.17, 15) is 0 Å². The minimum atomic E-state index is 0.364. The highest BCUT2D eigenvalue weighted by Crippen LogP contribution is 2.32. The second-order valence-electron chi connectivity index (χ2n) is 4.33. The summed E-state index contributed by atoms with van der Waals surface area (Å²) in [6.07, 6.45) is 4.35. The quantitative estimate of drug-likeness (QED) is 0.670. The molecule has 2 heteroatoms. The van der Waals surface area contributed by atoms with Crippen LogP contribution in [0.4, 0.5) is 0 Å². The van der Waals surface area contributed by atoms with Crippen molar-refractivity contribution in [2.45, 2.75) is 31.7 Å². The zero-order chi connectivity index (χ0) is 9.54. The molecule has 0 amide bonds. The van der Waals surface area contributed by atoms with Crippen LogP contribution in [0.25, 0.3) is 0 Å². The Morgan fingerprint density at radius 2 is 2.07 bits per heavy atom. The Labute approximate surface area is 84.1 Å². The van der Waals surface area contributed by atoms with Crippen molar-refractivity contribution in [2.75, 3.05) is 6.61 Å². The fraction of sp³-hybridized carbons (Fsp3) is 0.500. The maximum Gasteiger partial charge on any atom is 0.122 e. The Morgan fingerprint density at radius 1 is 1.14 bits per heavy atom. The Morgan fingerprint density at radius 3 is 3.00 bits per heavy atom. The van der Waals surface area contributed by atoms with Crippen molar-refractivity contribution < 1.29 is 4.74 Å². The molecule has 1 unspecified atom stereocenters. The first kappa shape index (κ1) is 8.30. The van der Waals surface area contributed by atoms with Crippen molar-refractivity contribution in [3.05, 3.63) is 28.8 Å². The first-order chi connectivity index (χ1) is 6.83. The molecule has 3 rings (SSSR count). The Bertz CT molecular complexity index is 373. The van der Waals surface area contributed by atoms with E-state index in [2.05, 4.69) is 12.1 Å². The van der Waals surface area contributed by atoms with Crippen molar-refractivity contribution in [1.82, 2.24) is 0 Å². The van der Waals surface area contributed by atoms with E-state index in [4.69, 9.17) is 10.5 Å². The van der Waals surface area contributed by atoms with E-state index in [1.165, 1.54) is 16.7 Å². The van der Waals surface area contributed by atoms with Crippen LogP contribution in [-0.2, 0) is 19.3 Å². The maximum absolute atomic E-state index is 5.96. The molecular weight excluding hydrogens is 174 g/mol. The molecular formula is C12H15NO. The average molecular weight is 189 g/mol. The fourth-order valence-corrected chi connectivity index (χ4v) is 2.47. The van der Waals surface area contributed by atoms with E-state index in [1.54, 1.807) is 0 Å². The van der Waals surface area contributed by atoms with Gasteiger partial charge in [0.2, 0.25) is 0 Å². The molecule has 14 heavy (non-hydrogen) atoms. The number of hydrogen-bond donors (Lipinski definition) is 1. The highest BCUT2D eigenvalue weighted by atomic mass is 16.5. The van der Waals surface area contributed by atoms with Gasteiger partial charge in [0.05, 0.1) is 6.61 Å². The number of fused-ring (bicyclic) bond motifs is 2. The van der Waals surface area contributed by atoms with Crippen LogP contribution in [0.15, 0.2) is 12.1 Å².